The number of allylic oxidation sites excluding steroid dienone is 2. The molecular formula is C21H29N4O3S+. The lowest BCUT2D eigenvalue weighted by molar-refractivity contribution is -0.895. The zero-order valence-corrected chi connectivity index (χ0v) is 17.7. The Hall–Kier alpha value is -2.21. The molecule has 1 aromatic rings. The lowest BCUT2D eigenvalue weighted by atomic mass is 10.0. The van der Waals surface area contributed by atoms with Gasteiger partial charge in [-0.15, -0.1) is 0 Å². The summed E-state index contributed by atoms with van der Waals surface area (Å²) >= 11 is 0. The average molecular weight is 418 g/mol. The Labute approximate surface area is 173 Å². The predicted molar refractivity (Wildman–Crippen MR) is 109 cm³/mol. The van der Waals surface area contributed by atoms with Crippen molar-refractivity contribution in [3.05, 3.63) is 41.6 Å². The third-order valence-electron chi connectivity index (χ3n) is 5.69. The van der Waals surface area contributed by atoms with Crippen molar-refractivity contribution in [1.82, 2.24) is 9.21 Å². The molecule has 0 saturated carbocycles. The minimum Gasteiger partial charge on any atom is -0.325 e. The largest absolute Gasteiger partial charge is 0.325 e. The Balaban J connectivity index is 1.61. The number of sulfonamides is 1. The monoisotopic (exact) mass is 417 g/mol. The van der Waals surface area contributed by atoms with Gasteiger partial charge in [-0.3, -0.25) is 4.79 Å². The highest BCUT2D eigenvalue weighted by molar-refractivity contribution is 7.89. The van der Waals surface area contributed by atoms with Crippen molar-refractivity contribution in [2.24, 2.45) is 0 Å². The molecule has 1 aliphatic heterocycles. The van der Waals surface area contributed by atoms with E-state index in [4.69, 9.17) is 0 Å². The topological polar surface area (TPSA) is 85.9 Å². The molecule has 2 aliphatic rings. The standard InChI is InChI=1S/C21H28N4O3S/c1-2-25(19-9-4-3-5-10-19)21(26)17-23-12-14-24(15-13-23)29(27,28)20-11-7-6-8-18(20)16-22/h6-9,11H,2-5,10,12-15,17H2,1H3/p+1. The molecule has 3 rings (SSSR count). The highest BCUT2D eigenvalue weighted by Crippen LogP contribution is 2.21. The summed E-state index contributed by atoms with van der Waals surface area (Å²) in [7, 11) is -3.70. The first-order chi connectivity index (χ1) is 14.0. The number of amides is 1. The molecule has 1 heterocycles. The van der Waals surface area contributed by atoms with Crippen LogP contribution in [0.3, 0.4) is 0 Å². The van der Waals surface area contributed by atoms with Crippen LogP contribution in [0.15, 0.2) is 40.9 Å². The molecule has 0 unspecified atom stereocenters. The normalized spacial score (nSPS) is 18.7. The molecule has 1 N–H and O–H groups in total. The zero-order valence-electron chi connectivity index (χ0n) is 16.9. The van der Waals surface area contributed by atoms with Crippen LogP contribution in [0.4, 0.5) is 0 Å². The van der Waals surface area contributed by atoms with Crippen LogP contribution in [0.1, 0.15) is 38.2 Å². The smallest absolute Gasteiger partial charge is 0.281 e. The highest BCUT2D eigenvalue weighted by atomic mass is 32.2. The van der Waals surface area contributed by atoms with Gasteiger partial charge < -0.3 is 9.80 Å². The number of nitrogens with one attached hydrogen (secondary N) is 1. The average Bonchev–Trinajstić information content (AvgIpc) is 2.75. The van der Waals surface area contributed by atoms with Crippen molar-refractivity contribution in [3.63, 3.8) is 0 Å². The summed E-state index contributed by atoms with van der Waals surface area (Å²) < 4.78 is 27.3. The molecule has 7 nitrogen and oxygen atoms in total. The van der Waals surface area contributed by atoms with E-state index in [0.717, 1.165) is 29.9 Å². The van der Waals surface area contributed by atoms with E-state index in [1.54, 1.807) is 12.1 Å². The van der Waals surface area contributed by atoms with Crippen LogP contribution in [0, 0.1) is 11.3 Å². The van der Waals surface area contributed by atoms with E-state index in [9.17, 15) is 18.5 Å². The van der Waals surface area contributed by atoms with Gasteiger partial charge in [0.15, 0.2) is 6.54 Å². The first kappa shape index (κ1) is 21.5. The summed E-state index contributed by atoms with van der Waals surface area (Å²) in [6.07, 6.45) is 6.48. The highest BCUT2D eigenvalue weighted by Gasteiger charge is 2.33. The molecule has 1 amide bonds. The van der Waals surface area contributed by atoms with Crippen molar-refractivity contribution in [2.45, 2.75) is 37.5 Å². The van der Waals surface area contributed by atoms with E-state index < -0.39 is 10.0 Å². The number of rotatable bonds is 6. The first-order valence-corrected chi connectivity index (χ1v) is 11.7. The summed E-state index contributed by atoms with van der Waals surface area (Å²) in [6.45, 7) is 4.91. The summed E-state index contributed by atoms with van der Waals surface area (Å²) in [5.41, 5.74) is 1.30. The second-order valence-corrected chi connectivity index (χ2v) is 9.42. The number of likely N-dealkylation sites (N-methyl/N-ethyl adjacent to an activating group) is 1. The maximum atomic E-state index is 12.9. The van der Waals surface area contributed by atoms with Gasteiger partial charge >= 0.3 is 0 Å². The van der Waals surface area contributed by atoms with E-state index >= 15 is 0 Å². The first-order valence-electron chi connectivity index (χ1n) is 10.3. The Morgan fingerprint density at radius 3 is 2.59 bits per heavy atom. The molecule has 1 aromatic carbocycles. The molecule has 29 heavy (non-hydrogen) atoms. The second-order valence-electron chi connectivity index (χ2n) is 7.52. The van der Waals surface area contributed by atoms with Gasteiger partial charge in [-0.2, -0.15) is 9.57 Å². The van der Waals surface area contributed by atoms with Crippen molar-refractivity contribution in [3.8, 4) is 6.07 Å². The quantitative estimate of drug-likeness (QED) is 0.740. The Bertz CT molecular complexity index is 912. The van der Waals surface area contributed by atoms with Crippen LogP contribution in [-0.2, 0) is 14.8 Å². The number of benzene rings is 1. The van der Waals surface area contributed by atoms with Gasteiger partial charge in [0.2, 0.25) is 10.0 Å². The number of nitriles is 1. The molecule has 0 bridgehead atoms. The number of quaternary nitrogens is 1. The zero-order chi connectivity index (χ0) is 20.9. The Kier molecular flexibility index (Phi) is 7.06. The molecule has 156 valence electrons. The predicted octanol–water partition coefficient (Wildman–Crippen LogP) is 0.754. The molecule has 0 atom stereocenters. The fourth-order valence-electron chi connectivity index (χ4n) is 4.06. The number of piperazine rings is 1. The van der Waals surface area contributed by atoms with E-state index in [1.807, 2.05) is 17.9 Å². The third-order valence-corrected chi connectivity index (χ3v) is 7.64. The molecule has 0 radical (unpaired) electrons. The number of hydrogen-bond donors (Lipinski definition) is 1. The van der Waals surface area contributed by atoms with Gasteiger partial charge in [0.25, 0.3) is 5.91 Å². The van der Waals surface area contributed by atoms with E-state index in [-0.39, 0.29) is 16.4 Å². The van der Waals surface area contributed by atoms with E-state index in [0.29, 0.717) is 39.3 Å². The summed E-state index contributed by atoms with van der Waals surface area (Å²) in [6, 6.07) is 8.25. The molecule has 1 saturated heterocycles. The van der Waals surface area contributed by atoms with E-state index in [1.165, 1.54) is 22.9 Å². The maximum Gasteiger partial charge on any atom is 0.281 e. The molecule has 1 aliphatic carbocycles. The summed E-state index contributed by atoms with van der Waals surface area (Å²) in [5, 5.41) is 9.22. The molecule has 8 heteroatoms. The molecular weight excluding hydrogens is 388 g/mol. The fourth-order valence-corrected chi connectivity index (χ4v) is 5.64. The number of nitrogens with zero attached hydrogens (tertiary/aromatic N) is 3. The summed E-state index contributed by atoms with van der Waals surface area (Å²) in [5.74, 6) is 0.113. The number of carbonyl (C=O) groups is 1. The summed E-state index contributed by atoms with van der Waals surface area (Å²) in [4.78, 5) is 15.9. The van der Waals surface area contributed by atoms with Crippen LogP contribution >= 0.6 is 0 Å². The van der Waals surface area contributed by atoms with Crippen LogP contribution in [0.5, 0.6) is 0 Å². The van der Waals surface area contributed by atoms with Crippen molar-refractivity contribution in [2.75, 3.05) is 39.3 Å². The maximum absolute atomic E-state index is 12.9. The van der Waals surface area contributed by atoms with Crippen molar-refractivity contribution < 1.29 is 18.1 Å². The Morgan fingerprint density at radius 2 is 1.97 bits per heavy atom. The minimum atomic E-state index is -3.70. The number of carbonyl (C=O) groups excluding carboxylic acids is 1. The Morgan fingerprint density at radius 1 is 1.24 bits per heavy atom. The van der Waals surface area contributed by atoms with E-state index in [2.05, 4.69) is 6.08 Å². The van der Waals surface area contributed by atoms with Crippen molar-refractivity contribution >= 4 is 15.9 Å². The van der Waals surface area contributed by atoms with Crippen LogP contribution in [0.2, 0.25) is 0 Å². The SMILES string of the molecule is CCN(C(=O)C[NH+]1CCN(S(=O)(=O)c2ccccc2C#N)CC1)C1=CCCCC1. The van der Waals surface area contributed by atoms with Gasteiger partial charge in [-0.25, -0.2) is 8.42 Å². The number of hydrogen-bond acceptors (Lipinski definition) is 4. The van der Waals surface area contributed by atoms with Crippen LogP contribution in [0.25, 0.3) is 0 Å². The van der Waals surface area contributed by atoms with Gasteiger partial charge in [-0.1, -0.05) is 18.2 Å². The van der Waals surface area contributed by atoms with Gasteiger partial charge in [-0.05, 0) is 44.7 Å². The van der Waals surface area contributed by atoms with Crippen LogP contribution in [-0.4, -0.2) is 62.8 Å². The van der Waals surface area contributed by atoms with Gasteiger partial charge in [0.1, 0.15) is 6.07 Å². The van der Waals surface area contributed by atoms with Crippen molar-refractivity contribution in [1.29, 1.82) is 5.26 Å². The molecule has 0 aromatic heterocycles. The minimum absolute atomic E-state index is 0.0587. The van der Waals surface area contributed by atoms with Crippen LogP contribution < -0.4 is 4.90 Å². The van der Waals surface area contributed by atoms with Gasteiger partial charge in [0.05, 0.1) is 36.6 Å². The molecule has 1 fully saturated rings. The molecule has 0 spiro atoms. The fraction of sp³-hybridized carbons (Fsp3) is 0.524. The second kappa shape index (κ2) is 9.53. The lowest BCUT2D eigenvalue weighted by Crippen LogP contribution is -3.15. The lowest BCUT2D eigenvalue weighted by Gasteiger charge is -2.33. The third kappa shape index (κ3) is 4.86. The van der Waals surface area contributed by atoms with Gasteiger partial charge in [0, 0.05) is 12.2 Å².